The lowest BCUT2D eigenvalue weighted by Crippen LogP contribution is -2.27. The second kappa shape index (κ2) is 6.04. The van der Waals surface area contributed by atoms with Gasteiger partial charge in [0.1, 0.15) is 0 Å². The quantitative estimate of drug-likeness (QED) is 0.781. The van der Waals surface area contributed by atoms with E-state index >= 15 is 0 Å². The average Bonchev–Trinajstić information content (AvgIpc) is 2.76. The second-order valence-electron chi connectivity index (χ2n) is 5.01. The molecule has 0 saturated carbocycles. The van der Waals surface area contributed by atoms with Crippen LogP contribution in [0.1, 0.15) is 17.5 Å². The minimum absolute atomic E-state index is 0.0718. The van der Waals surface area contributed by atoms with Crippen molar-refractivity contribution >= 4 is 17.5 Å². The van der Waals surface area contributed by atoms with Crippen LogP contribution in [-0.4, -0.2) is 29.8 Å². The van der Waals surface area contributed by atoms with Gasteiger partial charge in [-0.2, -0.15) is 13.2 Å². The highest BCUT2D eigenvalue weighted by Crippen LogP contribution is 2.29. The van der Waals surface area contributed by atoms with Crippen molar-refractivity contribution in [2.75, 3.05) is 19.0 Å². The Hall–Kier alpha value is -1.23. The minimum atomic E-state index is -4.31. The first-order chi connectivity index (χ1) is 9.40. The Bertz CT molecular complexity index is 472. The molecule has 1 heterocycles. The number of carbonyl (C=O) groups excluding carboxylic acids is 1. The number of hydrogen-bond acceptors (Lipinski definition) is 1. The van der Waals surface area contributed by atoms with Crippen LogP contribution in [-0.2, 0) is 17.4 Å². The van der Waals surface area contributed by atoms with Crippen LogP contribution in [0.3, 0.4) is 0 Å². The van der Waals surface area contributed by atoms with E-state index in [9.17, 15) is 18.0 Å². The zero-order chi connectivity index (χ0) is 14.8. The summed E-state index contributed by atoms with van der Waals surface area (Å²) in [6.45, 7) is 1.17. The molecule has 1 fully saturated rings. The molecule has 1 unspecified atom stereocenters. The van der Waals surface area contributed by atoms with Gasteiger partial charge in [0.05, 0.1) is 5.56 Å². The molecule has 0 radical (unpaired) electrons. The summed E-state index contributed by atoms with van der Waals surface area (Å²) in [6, 6.07) is 5.07. The fraction of sp³-hybridized carbons (Fsp3) is 0.500. The van der Waals surface area contributed by atoms with E-state index in [-0.39, 0.29) is 11.8 Å². The Kier molecular flexibility index (Phi) is 4.58. The predicted octanol–water partition coefficient (Wildman–Crippen LogP) is 3.34. The summed E-state index contributed by atoms with van der Waals surface area (Å²) in [4.78, 5) is 13.4. The normalized spacial score (nSPS) is 19.7. The van der Waals surface area contributed by atoms with Gasteiger partial charge in [0, 0.05) is 25.4 Å². The Balaban J connectivity index is 1.90. The molecular weight excluding hydrogens is 291 g/mol. The molecule has 0 spiro atoms. The van der Waals surface area contributed by atoms with E-state index in [1.165, 1.54) is 12.1 Å². The lowest BCUT2D eigenvalue weighted by atomic mass is 10.1. The van der Waals surface area contributed by atoms with E-state index in [4.69, 9.17) is 11.6 Å². The van der Waals surface area contributed by atoms with E-state index in [1.54, 1.807) is 4.90 Å². The van der Waals surface area contributed by atoms with E-state index < -0.39 is 11.7 Å². The maximum absolute atomic E-state index is 12.4. The van der Waals surface area contributed by atoms with E-state index in [0.717, 1.165) is 17.7 Å². The van der Waals surface area contributed by atoms with Crippen molar-refractivity contribution in [3.05, 3.63) is 35.4 Å². The van der Waals surface area contributed by atoms with Gasteiger partial charge in [0.2, 0.25) is 5.91 Å². The van der Waals surface area contributed by atoms with Gasteiger partial charge in [0.25, 0.3) is 0 Å². The summed E-state index contributed by atoms with van der Waals surface area (Å²) < 4.78 is 37.3. The summed E-state index contributed by atoms with van der Waals surface area (Å²) in [5, 5.41) is 0. The molecule has 1 aromatic carbocycles. The zero-order valence-corrected chi connectivity index (χ0v) is 11.5. The van der Waals surface area contributed by atoms with Crippen molar-refractivity contribution in [1.29, 1.82) is 0 Å². The first-order valence-corrected chi connectivity index (χ1v) is 6.93. The van der Waals surface area contributed by atoms with Crippen LogP contribution in [0.25, 0.3) is 0 Å². The fourth-order valence-electron chi connectivity index (χ4n) is 2.30. The highest BCUT2D eigenvalue weighted by molar-refractivity contribution is 6.18. The van der Waals surface area contributed by atoms with Crippen LogP contribution in [0.5, 0.6) is 0 Å². The smallest absolute Gasteiger partial charge is 0.342 e. The summed E-state index contributed by atoms with van der Waals surface area (Å²) in [6.07, 6.45) is -3.29. The van der Waals surface area contributed by atoms with Gasteiger partial charge in [-0.1, -0.05) is 12.1 Å². The van der Waals surface area contributed by atoms with E-state index in [0.29, 0.717) is 31.8 Å². The number of rotatable bonds is 4. The Labute approximate surface area is 120 Å². The highest BCUT2D eigenvalue weighted by Gasteiger charge is 2.30. The number of benzene rings is 1. The number of likely N-dealkylation sites (tertiary alicyclic amines) is 1. The molecule has 110 valence electrons. The summed E-state index contributed by atoms with van der Waals surface area (Å²) >= 11 is 5.73. The van der Waals surface area contributed by atoms with Crippen molar-refractivity contribution in [2.45, 2.75) is 19.0 Å². The van der Waals surface area contributed by atoms with E-state index in [2.05, 4.69) is 0 Å². The number of halogens is 4. The third kappa shape index (κ3) is 3.66. The summed E-state index contributed by atoms with van der Waals surface area (Å²) in [7, 11) is 0. The minimum Gasteiger partial charge on any atom is -0.342 e. The van der Waals surface area contributed by atoms with Crippen LogP contribution in [0.15, 0.2) is 24.3 Å². The number of nitrogens with zero attached hydrogens (tertiary/aromatic N) is 1. The predicted molar refractivity (Wildman–Crippen MR) is 70.6 cm³/mol. The van der Waals surface area contributed by atoms with Crippen LogP contribution >= 0.6 is 11.6 Å². The van der Waals surface area contributed by atoms with Crippen LogP contribution in [0.2, 0.25) is 0 Å². The van der Waals surface area contributed by atoms with Gasteiger partial charge in [-0.25, -0.2) is 0 Å². The van der Waals surface area contributed by atoms with Gasteiger partial charge in [0.15, 0.2) is 0 Å². The SMILES string of the molecule is O=C1CC(CCl)CN1CCc1ccc(C(F)(F)F)cc1. The molecule has 0 aliphatic carbocycles. The van der Waals surface area contributed by atoms with Gasteiger partial charge in [-0.3, -0.25) is 4.79 Å². The molecule has 2 rings (SSSR count). The van der Waals surface area contributed by atoms with Crippen LogP contribution in [0.4, 0.5) is 13.2 Å². The lowest BCUT2D eigenvalue weighted by Gasteiger charge is -2.16. The Morgan fingerprint density at radius 3 is 2.40 bits per heavy atom. The maximum atomic E-state index is 12.4. The van der Waals surface area contributed by atoms with Gasteiger partial charge >= 0.3 is 6.18 Å². The fourth-order valence-corrected chi connectivity index (χ4v) is 2.50. The number of hydrogen-bond donors (Lipinski definition) is 0. The largest absolute Gasteiger partial charge is 0.416 e. The number of alkyl halides is 4. The molecule has 1 aliphatic rings. The van der Waals surface area contributed by atoms with Gasteiger partial charge < -0.3 is 4.90 Å². The highest BCUT2D eigenvalue weighted by atomic mass is 35.5. The Morgan fingerprint density at radius 1 is 1.25 bits per heavy atom. The molecule has 1 aliphatic heterocycles. The molecule has 6 heteroatoms. The molecule has 0 aromatic heterocycles. The molecule has 1 amide bonds. The van der Waals surface area contributed by atoms with Crippen LogP contribution in [0, 0.1) is 5.92 Å². The third-order valence-corrected chi connectivity index (χ3v) is 3.90. The van der Waals surface area contributed by atoms with Gasteiger partial charge in [-0.05, 0) is 30.0 Å². The molecule has 0 bridgehead atoms. The molecular formula is C14H15ClF3NO. The Morgan fingerprint density at radius 2 is 1.90 bits per heavy atom. The molecule has 2 nitrogen and oxygen atoms in total. The van der Waals surface area contributed by atoms with Crippen molar-refractivity contribution in [2.24, 2.45) is 5.92 Å². The van der Waals surface area contributed by atoms with Crippen molar-refractivity contribution in [1.82, 2.24) is 4.90 Å². The first kappa shape index (κ1) is 15.2. The number of carbonyl (C=O) groups is 1. The van der Waals surface area contributed by atoms with Crippen LogP contribution < -0.4 is 0 Å². The third-order valence-electron chi connectivity index (χ3n) is 3.46. The standard InChI is InChI=1S/C14H15ClF3NO/c15-8-11-7-13(20)19(9-11)6-5-10-1-3-12(4-2-10)14(16,17)18/h1-4,11H,5-9H2. The average molecular weight is 306 g/mol. The first-order valence-electron chi connectivity index (χ1n) is 6.40. The zero-order valence-electron chi connectivity index (χ0n) is 10.8. The van der Waals surface area contributed by atoms with Crippen molar-refractivity contribution in [3.63, 3.8) is 0 Å². The monoisotopic (exact) mass is 305 g/mol. The summed E-state index contributed by atoms with van der Waals surface area (Å²) in [5.74, 6) is 0.724. The molecule has 0 N–H and O–H groups in total. The lowest BCUT2D eigenvalue weighted by molar-refractivity contribution is -0.137. The maximum Gasteiger partial charge on any atom is 0.416 e. The molecule has 1 aromatic rings. The topological polar surface area (TPSA) is 20.3 Å². The molecule has 1 atom stereocenters. The van der Waals surface area contributed by atoms with E-state index in [1.807, 2.05) is 0 Å². The van der Waals surface area contributed by atoms with Gasteiger partial charge in [-0.15, -0.1) is 11.6 Å². The second-order valence-corrected chi connectivity index (χ2v) is 5.32. The van der Waals surface area contributed by atoms with Crippen molar-refractivity contribution < 1.29 is 18.0 Å². The molecule has 1 saturated heterocycles. The number of amides is 1. The molecule has 20 heavy (non-hydrogen) atoms. The van der Waals surface area contributed by atoms with Crippen molar-refractivity contribution in [3.8, 4) is 0 Å². The summed E-state index contributed by atoms with van der Waals surface area (Å²) in [5.41, 5.74) is 0.140.